The van der Waals surface area contributed by atoms with E-state index in [-0.39, 0.29) is 17.7 Å². The van der Waals surface area contributed by atoms with Gasteiger partial charge in [0.25, 0.3) is 0 Å². The lowest BCUT2D eigenvalue weighted by Crippen LogP contribution is -2.22. The van der Waals surface area contributed by atoms with Gasteiger partial charge in [-0.2, -0.15) is 0 Å². The van der Waals surface area contributed by atoms with Crippen molar-refractivity contribution in [3.63, 3.8) is 0 Å². The van der Waals surface area contributed by atoms with Crippen LogP contribution in [0.25, 0.3) is 0 Å². The molecule has 0 radical (unpaired) electrons. The first-order valence-corrected chi connectivity index (χ1v) is 6.77. The Morgan fingerprint density at radius 3 is 2.35 bits per heavy atom. The van der Waals surface area contributed by atoms with Crippen molar-refractivity contribution in [3.8, 4) is 0 Å². The summed E-state index contributed by atoms with van der Waals surface area (Å²) in [6, 6.07) is 9.16. The van der Waals surface area contributed by atoms with Crippen molar-refractivity contribution in [1.82, 2.24) is 0 Å². The van der Waals surface area contributed by atoms with E-state index in [0.29, 0.717) is 12.0 Å². The van der Waals surface area contributed by atoms with Crippen molar-refractivity contribution in [1.29, 1.82) is 0 Å². The zero-order valence-corrected chi connectivity index (χ0v) is 12.6. The second-order valence-corrected chi connectivity index (χ2v) is 5.86. The third kappa shape index (κ3) is 6.32. The lowest BCUT2D eigenvalue weighted by atomic mass is 9.99. The predicted octanol–water partition coefficient (Wildman–Crippen LogP) is 3.79. The first-order valence-electron chi connectivity index (χ1n) is 6.77. The summed E-state index contributed by atoms with van der Waals surface area (Å²) in [7, 11) is 0. The number of esters is 1. The summed E-state index contributed by atoms with van der Waals surface area (Å²) in [5, 5.41) is 0. The average Bonchev–Trinajstić information content (AvgIpc) is 2.35. The fourth-order valence-electron chi connectivity index (χ4n) is 1.68. The standard InChI is InChI=1S/C17H22O3/c1-13(10-11-16(19)20-17(2,3)4)12-15(18)14-8-6-5-7-9-14/h5-11,13H,12H2,1-4H3. The maximum absolute atomic E-state index is 12.0. The maximum atomic E-state index is 12.0. The molecular weight excluding hydrogens is 252 g/mol. The molecule has 0 aromatic heterocycles. The van der Waals surface area contributed by atoms with Crippen molar-refractivity contribution in [3.05, 3.63) is 48.0 Å². The number of Topliss-reactive ketones (excluding diaryl/α,β-unsaturated/α-hetero) is 1. The van der Waals surface area contributed by atoms with E-state index in [1.54, 1.807) is 18.2 Å². The summed E-state index contributed by atoms with van der Waals surface area (Å²) in [6.07, 6.45) is 3.49. The molecule has 0 saturated carbocycles. The molecule has 0 spiro atoms. The van der Waals surface area contributed by atoms with Crippen molar-refractivity contribution in [2.24, 2.45) is 5.92 Å². The summed E-state index contributed by atoms with van der Waals surface area (Å²) in [5.74, 6) is -0.307. The number of ketones is 1. The molecule has 0 aliphatic heterocycles. The first-order chi connectivity index (χ1) is 9.28. The minimum atomic E-state index is -0.496. The van der Waals surface area contributed by atoms with Gasteiger partial charge in [-0.15, -0.1) is 0 Å². The van der Waals surface area contributed by atoms with Gasteiger partial charge in [-0.25, -0.2) is 4.79 Å². The van der Waals surface area contributed by atoms with Gasteiger partial charge in [0.05, 0.1) is 0 Å². The average molecular weight is 274 g/mol. The Morgan fingerprint density at radius 1 is 1.20 bits per heavy atom. The van der Waals surface area contributed by atoms with Gasteiger partial charge in [-0.3, -0.25) is 4.79 Å². The monoisotopic (exact) mass is 274 g/mol. The third-order valence-electron chi connectivity index (χ3n) is 2.57. The quantitative estimate of drug-likeness (QED) is 0.466. The summed E-state index contributed by atoms with van der Waals surface area (Å²) in [4.78, 5) is 23.5. The van der Waals surface area contributed by atoms with Crippen LogP contribution in [0.3, 0.4) is 0 Å². The van der Waals surface area contributed by atoms with Crippen molar-refractivity contribution in [2.45, 2.75) is 39.7 Å². The van der Waals surface area contributed by atoms with Gasteiger partial charge in [-0.1, -0.05) is 43.3 Å². The largest absolute Gasteiger partial charge is 0.457 e. The molecule has 1 aromatic rings. The molecule has 0 heterocycles. The SMILES string of the molecule is CC(C=CC(=O)OC(C)(C)C)CC(=O)c1ccccc1. The Labute approximate surface area is 120 Å². The molecule has 0 fully saturated rings. The van der Waals surface area contributed by atoms with E-state index in [1.165, 1.54) is 6.08 Å². The van der Waals surface area contributed by atoms with Gasteiger partial charge >= 0.3 is 5.97 Å². The summed E-state index contributed by atoms with van der Waals surface area (Å²) in [5.41, 5.74) is 0.204. The minimum absolute atomic E-state index is 0.00442. The summed E-state index contributed by atoms with van der Waals surface area (Å²) < 4.78 is 5.17. The first kappa shape index (κ1) is 16.2. The molecule has 0 N–H and O–H groups in total. The number of ether oxygens (including phenoxy) is 1. The highest BCUT2D eigenvalue weighted by Crippen LogP contribution is 2.12. The Hall–Kier alpha value is -1.90. The number of carbonyl (C=O) groups excluding carboxylic acids is 2. The van der Waals surface area contributed by atoms with Crippen LogP contribution in [0, 0.1) is 5.92 Å². The number of allylic oxidation sites excluding steroid dienone is 1. The lowest BCUT2D eigenvalue weighted by Gasteiger charge is -2.18. The number of benzene rings is 1. The molecule has 0 saturated heterocycles. The predicted molar refractivity (Wildman–Crippen MR) is 79.5 cm³/mol. The van der Waals surface area contributed by atoms with Crippen LogP contribution in [0.15, 0.2) is 42.5 Å². The number of hydrogen-bond acceptors (Lipinski definition) is 3. The molecule has 0 aliphatic carbocycles. The lowest BCUT2D eigenvalue weighted by molar-refractivity contribution is -0.148. The molecule has 0 amide bonds. The Balaban J connectivity index is 2.49. The molecule has 3 nitrogen and oxygen atoms in total. The van der Waals surface area contributed by atoms with E-state index >= 15 is 0 Å². The van der Waals surface area contributed by atoms with E-state index in [1.807, 2.05) is 45.9 Å². The van der Waals surface area contributed by atoms with Crippen LogP contribution in [0.1, 0.15) is 44.5 Å². The molecule has 1 aromatic carbocycles. The fourth-order valence-corrected chi connectivity index (χ4v) is 1.68. The molecule has 1 rings (SSSR count). The molecule has 3 heteroatoms. The molecule has 1 unspecified atom stereocenters. The van der Waals surface area contributed by atoms with E-state index in [0.717, 1.165) is 0 Å². The second kappa shape index (κ2) is 7.04. The highest BCUT2D eigenvalue weighted by Gasteiger charge is 2.14. The minimum Gasteiger partial charge on any atom is -0.457 e. The van der Waals surface area contributed by atoms with Gasteiger partial charge in [0, 0.05) is 18.1 Å². The smallest absolute Gasteiger partial charge is 0.330 e. The van der Waals surface area contributed by atoms with Crippen LogP contribution in [0.5, 0.6) is 0 Å². The van der Waals surface area contributed by atoms with Crippen LogP contribution >= 0.6 is 0 Å². The highest BCUT2D eigenvalue weighted by atomic mass is 16.6. The number of rotatable bonds is 5. The number of carbonyl (C=O) groups is 2. The van der Waals surface area contributed by atoms with Crippen LogP contribution in [0.4, 0.5) is 0 Å². The zero-order chi connectivity index (χ0) is 15.2. The molecule has 108 valence electrons. The normalized spacial score (nSPS) is 13.2. The van der Waals surface area contributed by atoms with Crippen molar-refractivity contribution >= 4 is 11.8 Å². The zero-order valence-electron chi connectivity index (χ0n) is 12.6. The van der Waals surface area contributed by atoms with Crippen molar-refractivity contribution < 1.29 is 14.3 Å². The number of hydrogen-bond donors (Lipinski definition) is 0. The topological polar surface area (TPSA) is 43.4 Å². The summed E-state index contributed by atoms with van der Waals surface area (Å²) in [6.45, 7) is 7.37. The highest BCUT2D eigenvalue weighted by molar-refractivity contribution is 5.96. The van der Waals surface area contributed by atoms with Crippen LogP contribution in [0.2, 0.25) is 0 Å². The van der Waals surface area contributed by atoms with E-state index < -0.39 is 5.60 Å². The van der Waals surface area contributed by atoms with Gasteiger partial charge in [0.2, 0.25) is 0 Å². The van der Waals surface area contributed by atoms with Crippen LogP contribution in [-0.2, 0) is 9.53 Å². The van der Waals surface area contributed by atoms with Gasteiger partial charge in [-0.05, 0) is 26.7 Å². The Morgan fingerprint density at radius 2 is 1.80 bits per heavy atom. The van der Waals surface area contributed by atoms with Gasteiger partial charge in [0.15, 0.2) is 5.78 Å². The van der Waals surface area contributed by atoms with E-state index in [2.05, 4.69) is 0 Å². The fraction of sp³-hybridized carbons (Fsp3) is 0.412. The van der Waals surface area contributed by atoms with Crippen molar-refractivity contribution in [2.75, 3.05) is 0 Å². The molecule has 0 bridgehead atoms. The second-order valence-electron chi connectivity index (χ2n) is 5.86. The van der Waals surface area contributed by atoms with Gasteiger partial charge in [0.1, 0.15) is 5.60 Å². The van der Waals surface area contributed by atoms with Gasteiger partial charge < -0.3 is 4.74 Å². The molecule has 0 aliphatic rings. The maximum Gasteiger partial charge on any atom is 0.330 e. The Bertz CT molecular complexity index is 481. The molecule has 1 atom stereocenters. The van der Waals surface area contributed by atoms with Crippen LogP contribution in [-0.4, -0.2) is 17.4 Å². The molecular formula is C17H22O3. The van der Waals surface area contributed by atoms with E-state index in [9.17, 15) is 9.59 Å². The Kier molecular flexibility index (Phi) is 5.68. The summed E-state index contributed by atoms with van der Waals surface area (Å²) >= 11 is 0. The molecule has 20 heavy (non-hydrogen) atoms. The van der Waals surface area contributed by atoms with Crippen LogP contribution < -0.4 is 0 Å². The third-order valence-corrected chi connectivity index (χ3v) is 2.57. The van der Waals surface area contributed by atoms with E-state index in [4.69, 9.17) is 4.74 Å².